The number of fused-ring (bicyclic) bond motifs is 1. The molecule has 0 spiro atoms. The fourth-order valence-electron chi connectivity index (χ4n) is 5.56. The van der Waals surface area contributed by atoms with E-state index in [-0.39, 0.29) is 22.3 Å². The second-order valence-corrected chi connectivity index (χ2v) is 12.8. The highest BCUT2D eigenvalue weighted by Crippen LogP contribution is 2.28. The number of phenols is 2. The van der Waals surface area contributed by atoms with Crippen molar-refractivity contribution in [3.8, 4) is 11.5 Å². The number of carbonyl (C=O) groups excluding carboxylic acids is 3. The van der Waals surface area contributed by atoms with Crippen LogP contribution in [0.5, 0.6) is 11.5 Å². The van der Waals surface area contributed by atoms with E-state index in [1.165, 1.54) is 25.7 Å². The number of nitrogens with one attached hydrogen (secondary N) is 3. The molecule has 1 amide bonds. The maximum absolute atomic E-state index is 13.3. The van der Waals surface area contributed by atoms with Gasteiger partial charge in [-0.2, -0.15) is 26.3 Å². The van der Waals surface area contributed by atoms with Gasteiger partial charge in [0.15, 0.2) is 0 Å². The lowest BCUT2D eigenvalue weighted by atomic mass is 10.1. The molecule has 276 valence electrons. The van der Waals surface area contributed by atoms with Crippen LogP contribution >= 0.6 is 11.3 Å². The Labute approximate surface area is 287 Å². The SMILES string of the molecule is O=C(C(=O)C(F)(F)F)C(F)(F)F.O=C(CCNCCc1cccc(O)c1)N(CCNCCc1ccc(O)c2[nH]c(=O)sc12)C1CCCCCC1. The quantitative estimate of drug-likeness (QED) is 0.0660. The number of nitrogens with zero attached hydrogens (tertiary/aromatic N) is 1. The van der Waals surface area contributed by atoms with E-state index in [2.05, 4.69) is 20.5 Å². The molecule has 17 heteroatoms. The number of aromatic nitrogens is 1. The van der Waals surface area contributed by atoms with Crippen LogP contribution in [0, 0.1) is 0 Å². The van der Waals surface area contributed by atoms with Gasteiger partial charge in [-0.25, -0.2) is 0 Å². The van der Waals surface area contributed by atoms with Crippen molar-refractivity contribution in [3.63, 3.8) is 0 Å². The summed E-state index contributed by atoms with van der Waals surface area (Å²) in [5, 5.41) is 26.5. The van der Waals surface area contributed by atoms with Crippen LogP contribution in [0.25, 0.3) is 10.2 Å². The monoisotopic (exact) mass is 734 g/mol. The van der Waals surface area contributed by atoms with Crippen LogP contribution in [0.2, 0.25) is 0 Å². The zero-order chi connectivity index (χ0) is 36.9. The molecule has 2 aromatic carbocycles. The first-order valence-electron chi connectivity index (χ1n) is 16.1. The van der Waals surface area contributed by atoms with Crippen LogP contribution in [0.4, 0.5) is 26.3 Å². The van der Waals surface area contributed by atoms with Crippen LogP contribution in [0.3, 0.4) is 0 Å². The van der Waals surface area contributed by atoms with Crippen molar-refractivity contribution in [3.05, 3.63) is 57.2 Å². The number of hydrogen-bond acceptors (Lipinski definition) is 9. The van der Waals surface area contributed by atoms with E-state index in [1.54, 1.807) is 18.2 Å². The number of aromatic amines is 1. The highest BCUT2D eigenvalue weighted by Gasteiger charge is 2.54. The zero-order valence-corrected chi connectivity index (χ0v) is 27.9. The maximum atomic E-state index is 13.3. The Morgan fingerprint density at radius 1 is 0.840 bits per heavy atom. The van der Waals surface area contributed by atoms with Crippen molar-refractivity contribution in [2.75, 3.05) is 32.7 Å². The molecular formula is C33H40F6N4O6S. The van der Waals surface area contributed by atoms with Gasteiger partial charge in [0, 0.05) is 32.1 Å². The van der Waals surface area contributed by atoms with E-state index >= 15 is 0 Å². The molecule has 1 aromatic heterocycles. The van der Waals surface area contributed by atoms with E-state index in [1.807, 2.05) is 18.2 Å². The van der Waals surface area contributed by atoms with E-state index in [0.29, 0.717) is 31.1 Å². The predicted octanol–water partition coefficient (Wildman–Crippen LogP) is 5.16. The van der Waals surface area contributed by atoms with Crippen molar-refractivity contribution < 1.29 is 50.9 Å². The first-order valence-corrected chi connectivity index (χ1v) is 16.9. The number of rotatable bonds is 14. The van der Waals surface area contributed by atoms with E-state index in [0.717, 1.165) is 72.5 Å². The minimum absolute atomic E-state index is 0.0986. The van der Waals surface area contributed by atoms with Crippen molar-refractivity contribution in [2.24, 2.45) is 0 Å². The Morgan fingerprint density at radius 3 is 2.08 bits per heavy atom. The third-order valence-corrected chi connectivity index (χ3v) is 9.02. The topological polar surface area (TPSA) is 152 Å². The van der Waals surface area contributed by atoms with Crippen LogP contribution in [-0.4, -0.2) is 88.7 Å². The lowest BCUT2D eigenvalue weighted by Gasteiger charge is -2.32. The molecule has 0 radical (unpaired) electrons. The molecule has 1 saturated carbocycles. The number of H-pyrrole nitrogens is 1. The molecule has 10 nitrogen and oxygen atoms in total. The summed E-state index contributed by atoms with van der Waals surface area (Å²) in [5.41, 5.74) is 2.62. The Kier molecular flexibility index (Phi) is 15.3. The molecule has 5 N–H and O–H groups in total. The van der Waals surface area contributed by atoms with Crippen LogP contribution in [0.15, 0.2) is 41.2 Å². The molecule has 0 aliphatic heterocycles. The van der Waals surface area contributed by atoms with Gasteiger partial charge in [-0.3, -0.25) is 19.2 Å². The molecule has 0 atom stereocenters. The number of halogens is 6. The van der Waals surface area contributed by atoms with Crippen molar-refractivity contribution >= 4 is 39.0 Å². The average Bonchev–Trinajstić information content (AvgIpc) is 3.26. The van der Waals surface area contributed by atoms with E-state index < -0.39 is 23.9 Å². The first-order chi connectivity index (χ1) is 23.6. The number of benzene rings is 2. The zero-order valence-electron chi connectivity index (χ0n) is 27.1. The summed E-state index contributed by atoms with van der Waals surface area (Å²) in [5.74, 6) is -6.23. The summed E-state index contributed by atoms with van der Waals surface area (Å²) in [6, 6.07) is 11.1. The van der Waals surface area contributed by atoms with Crippen LogP contribution in [-0.2, 0) is 27.2 Å². The lowest BCUT2D eigenvalue weighted by molar-refractivity contribution is -0.193. The summed E-state index contributed by atoms with van der Waals surface area (Å²) in [6.07, 6.45) is -2.49. The summed E-state index contributed by atoms with van der Waals surface area (Å²) in [6.45, 7) is 3.55. The summed E-state index contributed by atoms with van der Waals surface area (Å²) >= 11 is 1.13. The highest BCUT2D eigenvalue weighted by atomic mass is 32.1. The van der Waals surface area contributed by atoms with Gasteiger partial charge in [0.05, 0.1) is 4.70 Å². The Bertz CT molecular complexity index is 1610. The number of aromatic hydroxyl groups is 2. The van der Waals surface area contributed by atoms with E-state index in [9.17, 15) is 55.7 Å². The summed E-state index contributed by atoms with van der Waals surface area (Å²) in [4.78, 5) is 48.9. The highest BCUT2D eigenvalue weighted by molar-refractivity contribution is 7.16. The van der Waals surface area contributed by atoms with Crippen LogP contribution < -0.4 is 15.5 Å². The molecule has 3 aromatic rings. The number of amides is 1. The van der Waals surface area contributed by atoms with Crippen molar-refractivity contribution in [1.82, 2.24) is 20.5 Å². The predicted molar refractivity (Wildman–Crippen MR) is 175 cm³/mol. The Balaban J connectivity index is 0.000000482. The molecular weight excluding hydrogens is 694 g/mol. The number of thiazole rings is 1. The number of carbonyl (C=O) groups is 3. The summed E-state index contributed by atoms with van der Waals surface area (Å²) < 4.78 is 67.8. The first kappa shape index (κ1) is 40.5. The molecule has 0 unspecified atom stereocenters. The van der Waals surface area contributed by atoms with Gasteiger partial charge in [0.2, 0.25) is 5.91 Å². The van der Waals surface area contributed by atoms with Gasteiger partial charge in [0.25, 0.3) is 0 Å². The largest absolute Gasteiger partial charge is 0.508 e. The van der Waals surface area contributed by atoms with Gasteiger partial charge < -0.3 is 30.7 Å². The minimum Gasteiger partial charge on any atom is -0.508 e. The molecule has 0 saturated heterocycles. The minimum atomic E-state index is -5.77. The number of ketones is 2. The lowest BCUT2D eigenvalue weighted by Crippen LogP contribution is -2.45. The number of alkyl halides is 6. The van der Waals surface area contributed by atoms with Gasteiger partial charge in [-0.05, 0) is 68.1 Å². The number of Topliss-reactive ketones (excluding diaryl/α,β-unsaturated/α-hetero) is 2. The standard InChI is InChI=1S/C29H40N4O4S.C4F6O2/c34-24-9-5-6-21(20-24)12-15-30-17-14-26(36)33(23-7-3-1-2-4-8-23)19-18-31-16-13-22-10-11-25(35)27-28(22)38-29(37)32-27;5-3(6,7)1(11)2(12)4(8,9)10/h5-6,9-11,20,23,30-31,34-35H,1-4,7-8,12-19H2,(H,32,37);. The van der Waals surface area contributed by atoms with Gasteiger partial charge in [-0.1, -0.05) is 55.2 Å². The maximum Gasteiger partial charge on any atom is 0.458 e. The number of hydrogen-bond donors (Lipinski definition) is 5. The number of phenolic OH excluding ortho intramolecular Hbond substituents is 2. The third kappa shape index (κ3) is 12.7. The second kappa shape index (κ2) is 18.9. The van der Waals surface area contributed by atoms with Gasteiger partial charge >= 0.3 is 28.8 Å². The molecule has 1 aliphatic rings. The fourth-order valence-corrected chi connectivity index (χ4v) is 6.46. The van der Waals surface area contributed by atoms with Gasteiger partial charge in [-0.15, -0.1) is 0 Å². The molecule has 0 bridgehead atoms. The summed E-state index contributed by atoms with van der Waals surface area (Å²) in [7, 11) is 0. The molecule has 50 heavy (non-hydrogen) atoms. The molecule has 1 heterocycles. The van der Waals surface area contributed by atoms with Crippen molar-refractivity contribution in [1.29, 1.82) is 0 Å². The average molecular weight is 735 g/mol. The van der Waals surface area contributed by atoms with Crippen molar-refractivity contribution in [2.45, 2.75) is 76.2 Å². The second-order valence-electron chi connectivity index (χ2n) is 11.8. The smallest absolute Gasteiger partial charge is 0.458 e. The molecule has 1 aliphatic carbocycles. The third-order valence-electron chi connectivity index (χ3n) is 8.06. The van der Waals surface area contributed by atoms with Crippen LogP contribution in [0.1, 0.15) is 56.1 Å². The molecule has 1 fully saturated rings. The Hall–Kier alpha value is -3.96. The Morgan fingerprint density at radius 2 is 1.46 bits per heavy atom. The molecule has 4 rings (SSSR count). The van der Waals surface area contributed by atoms with E-state index in [4.69, 9.17) is 0 Å². The van der Waals surface area contributed by atoms with Gasteiger partial charge in [0.1, 0.15) is 17.0 Å². The normalized spacial score (nSPS) is 14.1. The fraction of sp³-hybridized carbons (Fsp3) is 0.515.